The molecule has 1 heterocycles. The number of fused-ring (bicyclic) bond motifs is 1. The maximum absolute atomic E-state index is 11.1. The average Bonchev–Trinajstić information content (AvgIpc) is 2.27. The van der Waals surface area contributed by atoms with E-state index in [2.05, 4.69) is 15.4 Å². The highest BCUT2D eigenvalue weighted by Gasteiger charge is 2.19. The van der Waals surface area contributed by atoms with E-state index in [0.29, 0.717) is 5.69 Å². The van der Waals surface area contributed by atoms with E-state index >= 15 is 0 Å². The molecule has 0 spiro atoms. The fourth-order valence-corrected chi connectivity index (χ4v) is 3.41. The normalized spacial score (nSPS) is 16.8. The summed E-state index contributed by atoms with van der Waals surface area (Å²) in [6.07, 6.45) is 0. The standard InChI is InChI=1S/C7H7NO2S2.CH2Cl2O2S/c9-12(10)5-11-7-4-2-1-3-6(7)8-12;2-1-6(3,4)5/h1-4,8H,5H2;1H2. The molecule has 102 valence electrons. The summed E-state index contributed by atoms with van der Waals surface area (Å²) in [5, 5.41) is -0.404. The highest BCUT2D eigenvalue weighted by atomic mass is 35.7. The molecule has 0 atom stereocenters. The van der Waals surface area contributed by atoms with Crippen LogP contribution in [0.5, 0.6) is 0 Å². The number of para-hydroxylation sites is 1. The van der Waals surface area contributed by atoms with Gasteiger partial charge in [0.2, 0.25) is 19.1 Å². The lowest BCUT2D eigenvalue weighted by Crippen LogP contribution is -2.18. The lowest BCUT2D eigenvalue weighted by molar-refractivity contribution is 0.605. The molecule has 1 aliphatic rings. The summed E-state index contributed by atoms with van der Waals surface area (Å²) in [4.78, 5) is 0.993. The van der Waals surface area contributed by atoms with Crippen LogP contribution in [0.15, 0.2) is 29.2 Å². The Bertz CT molecular complexity index is 615. The van der Waals surface area contributed by atoms with E-state index in [4.69, 9.17) is 11.6 Å². The minimum atomic E-state index is -3.42. The highest BCUT2D eigenvalue weighted by Crippen LogP contribution is 2.33. The summed E-state index contributed by atoms with van der Waals surface area (Å²) in [7, 11) is -1.95. The van der Waals surface area contributed by atoms with Gasteiger partial charge in [0.05, 0.1) is 5.69 Å². The van der Waals surface area contributed by atoms with Gasteiger partial charge in [-0.25, -0.2) is 16.8 Å². The van der Waals surface area contributed by atoms with Crippen LogP contribution in [0.4, 0.5) is 5.69 Å². The van der Waals surface area contributed by atoms with Gasteiger partial charge in [0.25, 0.3) is 0 Å². The van der Waals surface area contributed by atoms with Crippen LogP contribution in [-0.2, 0) is 19.1 Å². The molecule has 5 nitrogen and oxygen atoms in total. The van der Waals surface area contributed by atoms with Crippen LogP contribution in [0.25, 0.3) is 0 Å². The number of rotatable bonds is 1. The van der Waals surface area contributed by atoms with Crippen molar-refractivity contribution in [1.82, 2.24) is 0 Å². The molecule has 1 aliphatic heterocycles. The number of alkyl halides is 1. The Morgan fingerprint density at radius 1 is 1.33 bits per heavy atom. The SMILES string of the molecule is O=S(=O)(Cl)CCl.O=S1(=O)CSc2ccccc2N1. The Balaban J connectivity index is 0.000000232. The van der Waals surface area contributed by atoms with Crippen molar-refractivity contribution >= 4 is 58.8 Å². The van der Waals surface area contributed by atoms with E-state index in [-0.39, 0.29) is 5.08 Å². The van der Waals surface area contributed by atoms with Crippen LogP contribution in [-0.4, -0.2) is 27.1 Å². The zero-order valence-corrected chi connectivity index (χ0v) is 12.8. The van der Waals surface area contributed by atoms with Gasteiger partial charge in [0.1, 0.15) is 10.3 Å². The van der Waals surface area contributed by atoms with Gasteiger partial charge < -0.3 is 0 Å². The lowest BCUT2D eigenvalue weighted by atomic mass is 10.3. The number of benzene rings is 1. The van der Waals surface area contributed by atoms with Gasteiger partial charge in [0.15, 0.2) is 0 Å². The van der Waals surface area contributed by atoms with Crippen LogP contribution in [0.1, 0.15) is 0 Å². The molecule has 18 heavy (non-hydrogen) atoms. The highest BCUT2D eigenvalue weighted by molar-refractivity contribution is 8.14. The fourth-order valence-electron chi connectivity index (χ4n) is 1.01. The molecule has 1 N–H and O–H groups in total. The zero-order chi connectivity index (χ0) is 13.8. The van der Waals surface area contributed by atoms with Crippen molar-refractivity contribution < 1.29 is 16.8 Å². The molecule has 0 unspecified atom stereocenters. The third kappa shape index (κ3) is 5.66. The minimum absolute atomic E-state index is 0.115. The average molecular weight is 350 g/mol. The van der Waals surface area contributed by atoms with Gasteiger partial charge in [-0.05, 0) is 12.1 Å². The maximum Gasteiger partial charge on any atom is 0.246 e. The molecule has 2 rings (SSSR count). The fraction of sp³-hybridized carbons (Fsp3) is 0.250. The topological polar surface area (TPSA) is 80.3 Å². The van der Waals surface area contributed by atoms with Crippen LogP contribution < -0.4 is 4.72 Å². The van der Waals surface area contributed by atoms with E-state index in [1.807, 2.05) is 18.2 Å². The van der Waals surface area contributed by atoms with Crippen LogP contribution in [0.2, 0.25) is 0 Å². The van der Waals surface area contributed by atoms with Gasteiger partial charge >= 0.3 is 0 Å². The van der Waals surface area contributed by atoms with Gasteiger partial charge in [-0.2, -0.15) is 0 Å². The molecule has 0 aliphatic carbocycles. The van der Waals surface area contributed by atoms with E-state index in [0.717, 1.165) is 4.90 Å². The van der Waals surface area contributed by atoms with Crippen LogP contribution in [0, 0.1) is 0 Å². The molecule has 1 aromatic rings. The quantitative estimate of drug-likeness (QED) is 0.621. The molecule has 0 saturated heterocycles. The van der Waals surface area contributed by atoms with Gasteiger partial charge in [-0.1, -0.05) is 12.1 Å². The van der Waals surface area contributed by atoms with E-state index in [1.165, 1.54) is 11.8 Å². The number of thioether (sulfide) groups is 1. The lowest BCUT2D eigenvalue weighted by Gasteiger charge is -2.16. The monoisotopic (exact) mass is 349 g/mol. The van der Waals surface area contributed by atoms with Crippen LogP contribution >= 0.6 is 34.0 Å². The molecule has 0 bridgehead atoms. The molecular formula is C8H9Cl2NO4S3. The third-order valence-electron chi connectivity index (χ3n) is 1.65. The number of nitrogens with one attached hydrogen (secondary N) is 1. The summed E-state index contributed by atoms with van der Waals surface area (Å²) in [6, 6.07) is 7.37. The Labute approximate surface area is 119 Å². The second-order valence-corrected chi connectivity index (χ2v) is 9.59. The third-order valence-corrected chi connectivity index (χ3v) is 6.35. The largest absolute Gasteiger partial charge is 0.282 e. The summed E-state index contributed by atoms with van der Waals surface area (Å²) in [5.74, 6) is 0. The first kappa shape index (κ1) is 15.9. The van der Waals surface area contributed by atoms with E-state index in [1.54, 1.807) is 6.07 Å². The first-order valence-corrected chi connectivity index (χ1v) is 10.1. The van der Waals surface area contributed by atoms with Crippen molar-refractivity contribution in [3.63, 3.8) is 0 Å². The molecule has 1 aromatic carbocycles. The Morgan fingerprint density at radius 2 is 1.89 bits per heavy atom. The number of sulfonamides is 1. The van der Waals surface area contributed by atoms with Crippen LogP contribution in [0.3, 0.4) is 0 Å². The first-order valence-electron chi connectivity index (χ1n) is 4.44. The predicted molar refractivity (Wildman–Crippen MR) is 75.2 cm³/mol. The summed E-state index contributed by atoms with van der Waals surface area (Å²) >= 11 is 6.10. The molecule has 0 radical (unpaired) electrons. The molecular weight excluding hydrogens is 341 g/mol. The predicted octanol–water partition coefficient (Wildman–Crippen LogP) is 2.24. The molecule has 0 fully saturated rings. The Hall–Kier alpha value is -0.150. The minimum Gasteiger partial charge on any atom is -0.282 e. The van der Waals surface area contributed by atoms with Crippen molar-refractivity contribution in [3.05, 3.63) is 24.3 Å². The zero-order valence-electron chi connectivity index (χ0n) is 8.84. The van der Waals surface area contributed by atoms with Crippen molar-refractivity contribution in [3.8, 4) is 0 Å². The molecule has 0 aromatic heterocycles. The first-order chi connectivity index (χ1) is 8.23. The second-order valence-electron chi connectivity index (χ2n) is 3.12. The number of anilines is 1. The molecule has 0 saturated carbocycles. The smallest absolute Gasteiger partial charge is 0.246 e. The number of hydrogen-bond donors (Lipinski definition) is 1. The van der Waals surface area contributed by atoms with Gasteiger partial charge in [-0.15, -0.1) is 23.4 Å². The second kappa shape index (κ2) is 6.33. The van der Waals surface area contributed by atoms with E-state index < -0.39 is 24.3 Å². The van der Waals surface area contributed by atoms with Crippen molar-refractivity contribution in [2.75, 3.05) is 15.0 Å². The van der Waals surface area contributed by atoms with Crippen molar-refractivity contribution in [2.45, 2.75) is 4.90 Å². The summed E-state index contributed by atoms with van der Waals surface area (Å²) < 4.78 is 43.9. The summed E-state index contributed by atoms with van der Waals surface area (Å²) in [6.45, 7) is 0. The van der Waals surface area contributed by atoms with Gasteiger partial charge in [0, 0.05) is 15.6 Å². The number of halogens is 2. The van der Waals surface area contributed by atoms with Gasteiger partial charge in [-0.3, -0.25) is 4.72 Å². The Kier molecular flexibility index (Phi) is 5.60. The van der Waals surface area contributed by atoms with Crippen molar-refractivity contribution in [1.29, 1.82) is 0 Å². The Morgan fingerprint density at radius 3 is 2.44 bits per heavy atom. The molecule has 10 heteroatoms. The maximum atomic E-state index is 11.1. The van der Waals surface area contributed by atoms with E-state index in [9.17, 15) is 16.8 Å². The summed E-state index contributed by atoms with van der Waals surface area (Å²) in [5.41, 5.74) is 0.689. The molecule has 0 amide bonds. The van der Waals surface area contributed by atoms with Crippen molar-refractivity contribution in [2.24, 2.45) is 0 Å². The number of hydrogen-bond acceptors (Lipinski definition) is 5.